The summed E-state index contributed by atoms with van der Waals surface area (Å²) in [5.41, 5.74) is 0. The summed E-state index contributed by atoms with van der Waals surface area (Å²) < 4.78 is 10.4. The van der Waals surface area contributed by atoms with Gasteiger partial charge in [-0.1, -0.05) is 161 Å². The summed E-state index contributed by atoms with van der Waals surface area (Å²) in [6.07, 6.45) is 38.1. The number of unbranched alkanes of at least 4 members (excludes halogenated alkanes) is 22. The molecule has 0 radical (unpaired) electrons. The van der Waals surface area contributed by atoms with Gasteiger partial charge in [-0.05, 0) is 44.4 Å². The van der Waals surface area contributed by atoms with Gasteiger partial charge >= 0.3 is 6.16 Å². The molecule has 0 saturated carbocycles. The molecule has 0 rings (SSSR count). The zero-order valence-electron chi connectivity index (χ0n) is 26.3. The van der Waals surface area contributed by atoms with E-state index < -0.39 is 6.16 Å². The molecular weight excluding hydrogens is 468 g/mol. The van der Waals surface area contributed by atoms with Gasteiger partial charge in [-0.25, -0.2) is 4.79 Å². The average molecular weight is 537 g/mol. The highest BCUT2D eigenvalue weighted by molar-refractivity contribution is 5.59. The van der Waals surface area contributed by atoms with Gasteiger partial charge in [0.05, 0.1) is 13.2 Å². The van der Waals surface area contributed by atoms with Gasteiger partial charge in [0.15, 0.2) is 0 Å². The Kier molecular flexibility index (Phi) is 31.4. The second-order valence-electron chi connectivity index (χ2n) is 12.0. The van der Waals surface area contributed by atoms with Crippen molar-refractivity contribution in [3.05, 3.63) is 12.2 Å². The van der Waals surface area contributed by atoms with Crippen molar-refractivity contribution in [1.82, 2.24) is 0 Å². The van der Waals surface area contributed by atoms with E-state index in [1.54, 1.807) is 0 Å². The van der Waals surface area contributed by atoms with Gasteiger partial charge in [0.2, 0.25) is 0 Å². The molecule has 0 aromatic heterocycles. The molecule has 0 amide bonds. The summed E-state index contributed by atoms with van der Waals surface area (Å²) >= 11 is 0. The zero-order chi connectivity index (χ0) is 27.8. The van der Waals surface area contributed by atoms with Crippen LogP contribution in [0.5, 0.6) is 0 Å². The normalized spacial score (nSPS) is 11.6. The summed E-state index contributed by atoms with van der Waals surface area (Å²) in [5.74, 6) is 0.867. The van der Waals surface area contributed by atoms with Gasteiger partial charge in [0.1, 0.15) is 0 Å². The van der Waals surface area contributed by atoms with E-state index in [0.29, 0.717) is 13.2 Å². The first kappa shape index (κ1) is 37.0. The third-order valence-corrected chi connectivity index (χ3v) is 7.52. The van der Waals surface area contributed by atoms with Gasteiger partial charge < -0.3 is 9.47 Å². The van der Waals surface area contributed by atoms with Crippen LogP contribution in [0.1, 0.15) is 188 Å². The molecule has 0 unspecified atom stereocenters. The van der Waals surface area contributed by atoms with Crippen molar-refractivity contribution in [2.45, 2.75) is 188 Å². The van der Waals surface area contributed by atoms with Crippen LogP contribution >= 0.6 is 0 Å². The lowest BCUT2D eigenvalue weighted by atomic mass is 10.0. The summed E-state index contributed by atoms with van der Waals surface area (Å²) in [5, 5.41) is 0. The van der Waals surface area contributed by atoms with Crippen LogP contribution in [0.25, 0.3) is 0 Å². The Morgan fingerprint density at radius 2 is 0.842 bits per heavy atom. The van der Waals surface area contributed by atoms with Crippen molar-refractivity contribution in [3.63, 3.8) is 0 Å². The first-order chi connectivity index (χ1) is 18.7. The molecule has 0 saturated heterocycles. The predicted octanol–water partition coefficient (Wildman–Crippen LogP) is 12.5. The van der Waals surface area contributed by atoms with Crippen LogP contribution < -0.4 is 0 Å². The van der Waals surface area contributed by atoms with Crippen LogP contribution in [-0.4, -0.2) is 19.4 Å². The molecular formula is C35H68O3. The minimum atomic E-state index is -0.480. The quantitative estimate of drug-likeness (QED) is 0.0520. The van der Waals surface area contributed by atoms with Crippen molar-refractivity contribution in [1.29, 1.82) is 0 Å². The van der Waals surface area contributed by atoms with Gasteiger partial charge in [-0.15, -0.1) is 0 Å². The molecule has 0 aliphatic heterocycles. The van der Waals surface area contributed by atoms with Crippen LogP contribution in [0.3, 0.4) is 0 Å². The third kappa shape index (κ3) is 33.0. The van der Waals surface area contributed by atoms with E-state index in [4.69, 9.17) is 9.47 Å². The van der Waals surface area contributed by atoms with Crippen LogP contribution in [-0.2, 0) is 9.47 Å². The lowest BCUT2D eigenvalue weighted by molar-refractivity contribution is 0.0529. The number of allylic oxidation sites excluding steroid dienone is 2. The summed E-state index contributed by atoms with van der Waals surface area (Å²) in [6, 6.07) is 0. The highest BCUT2D eigenvalue weighted by atomic mass is 16.7. The van der Waals surface area contributed by atoms with Crippen molar-refractivity contribution < 1.29 is 14.3 Å². The first-order valence-electron chi connectivity index (χ1n) is 17.1. The van der Waals surface area contributed by atoms with Crippen LogP contribution in [0, 0.1) is 5.92 Å². The monoisotopic (exact) mass is 537 g/mol. The fourth-order valence-electron chi connectivity index (χ4n) is 4.95. The Labute approximate surface area is 239 Å². The number of carbonyl (C=O) groups excluding carboxylic acids is 1. The minimum Gasteiger partial charge on any atom is -0.434 e. The van der Waals surface area contributed by atoms with Gasteiger partial charge in [0.25, 0.3) is 0 Å². The molecule has 0 N–H and O–H groups in total. The fraction of sp³-hybridized carbons (Fsp3) is 0.914. The first-order valence-corrected chi connectivity index (χ1v) is 17.1. The molecule has 3 nitrogen and oxygen atoms in total. The van der Waals surface area contributed by atoms with Crippen molar-refractivity contribution in [3.8, 4) is 0 Å². The lowest BCUT2D eigenvalue weighted by Crippen LogP contribution is -2.09. The van der Waals surface area contributed by atoms with E-state index in [1.165, 1.54) is 141 Å². The maximum absolute atomic E-state index is 11.7. The second kappa shape index (κ2) is 32.2. The molecule has 0 bridgehead atoms. The summed E-state index contributed by atoms with van der Waals surface area (Å²) in [6.45, 7) is 7.91. The molecule has 0 aromatic carbocycles. The Hall–Kier alpha value is -0.990. The van der Waals surface area contributed by atoms with E-state index in [9.17, 15) is 4.79 Å². The maximum atomic E-state index is 11.7. The van der Waals surface area contributed by atoms with E-state index in [-0.39, 0.29) is 0 Å². The molecule has 0 fully saturated rings. The van der Waals surface area contributed by atoms with Crippen LogP contribution in [0.15, 0.2) is 12.2 Å². The second-order valence-corrected chi connectivity index (χ2v) is 12.0. The molecule has 0 aromatic rings. The van der Waals surface area contributed by atoms with Gasteiger partial charge in [0, 0.05) is 0 Å². The molecule has 226 valence electrons. The highest BCUT2D eigenvalue weighted by Gasteiger charge is 2.03. The number of rotatable bonds is 30. The Morgan fingerprint density at radius 1 is 0.500 bits per heavy atom. The fourth-order valence-corrected chi connectivity index (χ4v) is 4.95. The maximum Gasteiger partial charge on any atom is 0.508 e. The highest BCUT2D eigenvalue weighted by Crippen LogP contribution is 2.14. The molecule has 0 spiro atoms. The molecule has 0 heterocycles. The summed E-state index contributed by atoms with van der Waals surface area (Å²) in [4.78, 5) is 11.7. The van der Waals surface area contributed by atoms with E-state index >= 15 is 0 Å². The van der Waals surface area contributed by atoms with Crippen molar-refractivity contribution in [2.24, 2.45) is 5.92 Å². The molecule has 38 heavy (non-hydrogen) atoms. The Bertz CT molecular complexity index is 486. The molecule has 0 aliphatic carbocycles. The third-order valence-electron chi connectivity index (χ3n) is 7.52. The molecule has 0 atom stereocenters. The average Bonchev–Trinajstić information content (AvgIpc) is 2.90. The van der Waals surface area contributed by atoms with E-state index in [0.717, 1.165) is 31.6 Å². The van der Waals surface area contributed by atoms with Crippen LogP contribution in [0.4, 0.5) is 4.79 Å². The predicted molar refractivity (Wildman–Crippen MR) is 167 cm³/mol. The van der Waals surface area contributed by atoms with Crippen LogP contribution in [0.2, 0.25) is 0 Å². The number of hydrogen-bond acceptors (Lipinski definition) is 3. The SMILES string of the molecule is CCCCCC/C=C\CCCCCCCCOC(=O)OCCCCCCCCCCCCCCCC(C)C. The largest absolute Gasteiger partial charge is 0.508 e. The van der Waals surface area contributed by atoms with E-state index in [1.807, 2.05) is 0 Å². The Morgan fingerprint density at radius 3 is 1.24 bits per heavy atom. The Balaban J connectivity index is 3.18. The van der Waals surface area contributed by atoms with Gasteiger partial charge in [-0.3, -0.25) is 0 Å². The topological polar surface area (TPSA) is 35.5 Å². The lowest BCUT2D eigenvalue weighted by Gasteiger charge is -2.07. The zero-order valence-corrected chi connectivity index (χ0v) is 26.3. The summed E-state index contributed by atoms with van der Waals surface area (Å²) in [7, 11) is 0. The van der Waals surface area contributed by atoms with Crippen molar-refractivity contribution in [2.75, 3.05) is 13.2 Å². The van der Waals surface area contributed by atoms with E-state index in [2.05, 4.69) is 32.9 Å². The smallest absolute Gasteiger partial charge is 0.434 e. The standard InChI is InChI=1S/C35H68O3/c1-4-5-6-7-8-9-10-11-14-17-20-23-26-29-32-37-35(36)38-33-30-27-24-21-18-15-12-13-16-19-22-25-28-31-34(2)3/h9-10,34H,4-8,11-33H2,1-3H3/b10-9-. The molecule has 3 heteroatoms. The van der Waals surface area contributed by atoms with Gasteiger partial charge in [-0.2, -0.15) is 0 Å². The molecule has 0 aliphatic rings. The minimum absolute atomic E-state index is 0.480. The number of hydrogen-bond donors (Lipinski definition) is 0. The van der Waals surface area contributed by atoms with Crippen molar-refractivity contribution >= 4 is 6.16 Å². The number of ether oxygens (including phenoxy) is 2. The number of carbonyl (C=O) groups is 1.